The van der Waals surface area contributed by atoms with E-state index in [9.17, 15) is 4.79 Å². The molecule has 3 nitrogen and oxygen atoms in total. The van der Waals surface area contributed by atoms with E-state index >= 15 is 0 Å². The highest BCUT2D eigenvalue weighted by atomic mass is 31.0. The second-order valence-electron chi connectivity index (χ2n) is 1.28. The van der Waals surface area contributed by atoms with Gasteiger partial charge in [0.05, 0.1) is 6.26 Å². The molecule has 3 radical (unpaired) electrons. The number of carbonyl (C=O) groups is 1. The summed E-state index contributed by atoms with van der Waals surface area (Å²) in [5.41, 5.74) is 0. The first-order valence-corrected chi connectivity index (χ1v) is 2.07. The van der Waals surface area contributed by atoms with Gasteiger partial charge in [-0.05, 0) is 12.1 Å². The average Bonchev–Trinajstić information content (AvgIpc) is 2.12. The van der Waals surface area contributed by atoms with Crippen molar-refractivity contribution in [1.29, 1.82) is 0 Å². The van der Waals surface area contributed by atoms with Gasteiger partial charge in [-0.3, -0.25) is 0 Å². The molecule has 47 valence electrons. The van der Waals surface area contributed by atoms with Gasteiger partial charge in [0.1, 0.15) is 0 Å². The first-order valence-electron chi connectivity index (χ1n) is 2.07. The molecular weight excluding hydrogens is 139 g/mol. The monoisotopic (exact) mass is 143 g/mol. The topological polar surface area (TPSA) is 50.4 Å². The summed E-state index contributed by atoms with van der Waals surface area (Å²) in [6.45, 7) is 0. The van der Waals surface area contributed by atoms with Crippen molar-refractivity contribution in [3.8, 4) is 0 Å². The maximum absolute atomic E-state index is 9.97. The van der Waals surface area contributed by atoms with Crippen molar-refractivity contribution in [1.82, 2.24) is 0 Å². The van der Waals surface area contributed by atoms with Crippen LogP contribution in [0.4, 0.5) is 0 Å². The highest BCUT2D eigenvalue weighted by Crippen LogP contribution is 1.97. The van der Waals surface area contributed by atoms with E-state index in [2.05, 4.69) is 4.42 Å². The summed E-state index contributed by atoms with van der Waals surface area (Å²) in [5.74, 6) is -1.06. The van der Waals surface area contributed by atoms with E-state index < -0.39 is 5.97 Å². The fraction of sp³-hybridized carbons (Fsp3) is 0. The van der Waals surface area contributed by atoms with Gasteiger partial charge in [0.15, 0.2) is 0 Å². The number of furan rings is 1. The Morgan fingerprint density at radius 3 is 2.56 bits per heavy atom. The molecule has 0 amide bonds. The highest BCUT2D eigenvalue weighted by Gasteiger charge is 2.01. The van der Waals surface area contributed by atoms with E-state index in [0.717, 1.165) is 0 Å². The maximum Gasteiger partial charge on any atom is 0.371 e. The molecule has 0 saturated carbocycles. The number of hydrogen-bond donors (Lipinski definition) is 1. The third kappa shape index (κ3) is 1.86. The lowest BCUT2D eigenvalue weighted by Gasteiger charge is -1.79. The van der Waals surface area contributed by atoms with E-state index in [1.54, 1.807) is 0 Å². The first kappa shape index (κ1) is 8.18. The zero-order valence-electron chi connectivity index (χ0n) is 4.44. The quantitative estimate of drug-likeness (QED) is 0.610. The van der Waals surface area contributed by atoms with Gasteiger partial charge in [0.25, 0.3) is 0 Å². The van der Waals surface area contributed by atoms with Crippen LogP contribution in [0.2, 0.25) is 0 Å². The number of carboxylic acid groups (broad SMARTS) is 1. The van der Waals surface area contributed by atoms with Gasteiger partial charge < -0.3 is 9.52 Å². The Kier molecular flexibility index (Phi) is 2.96. The molecule has 0 fully saturated rings. The Bertz CT molecular complexity index is 180. The van der Waals surface area contributed by atoms with Crippen LogP contribution in [-0.4, -0.2) is 11.1 Å². The Morgan fingerprint density at radius 2 is 2.33 bits per heavy atom. The number of rotatable bonds is 1. The van der Waals surface area contributed by atoms with E-state index in [4.69, 9.17) is 5.11 Å². The van der Waals surface area contributed by atoms with Crippen LogP contribution in [0.15, 0.2) is 22.8 Å². The van der Waals surface area contributed by atoms with Gasteiger partial charge in [-0.25, -0.2) is 4.79 Å². The Hall–Kier alpha value is -0.820. The second-order valence-corrected chi connectivity index (χ2v) is 1.28. The van der Waals surface area contributed by atoms with Gasteiger partial charge in [-0.15, -0.1) is 0 Å². The molecule has 0 aliphatic heterocycles. The average molecular weight is 143 g/mol. The normalized spacial score (nSPS) is 8.00. The fourth-order valence-corrected chi connectivity index (χ4v) is 0.400. The summed E-state index contributed by atoms with van der Waals surface area (Å²) >= 11 is 0. The lowest BCUT2D eigenvalue weighted by molar-refractivity contribution is 0.0662. The van der Waals surface area contributed by atoms with E-state index in [-0.39, 0.29) is 15.7 Å². The molecule has 1 heterocycles. The molecule has 0 unspecified atom stereocenters. The minimum absolute atomic E-state index is 0. The highest BCUT2D eigenvalue weighted by molar-refractivity contribution is 6.92. The fourth-order valence-electron chi connectivity index (χ4n) is 0.400. The summed E-state index contributed by atoms with van der Waals surface area (Å²) in [4.78, 5) is 9.97. The minimum atomic E-state index is -1.03. The van der Waals surface area contributed by atoms with Crippen molar-refractivity contribution in [2.24, 2.45) is 0 Å². The van der Waals surface area contributed by atoms with Crippen molar-refractivity contribution in [2.75, 3.05) is 0 Å². The molecule has 1 aromatic heterocycles. The second kappa shape index (κ2) is 3.25. The number of aromatic carboxylic acids is 1. The molecule has 0 aliphatic rings. The maximum atomic E-state index is 9.97. The van der Waals surface area contributed by atoms with E-state index in [0.29, 0.717) is 0 Å². The van der Waals surface area contributed by atoms with Gasteiger partial charge in [-0.2, -0.15) is 0 Å². The third-order valence-electron chi connectivity index (χ3n) is 0.732. The minimum Gasteiger partial charge on any atom is -0.475 e. The first-order chi connectivity index (χ1) is 3.80. The van der Waals surface area contributed by atoms with Crippen LogP contribution in [0.25, 0.3) is 0 Å². The van der Waals surface area contributed by atoms with Crippen LogP contribution in [0.1, 0.15) is 10.6 Å². The molecule has 9 heavy (non-hydrogen) atoms. The molecular formula is C5H4O3P. The molecule has 0 atom stereocenters. The van der Waals surface area contributed by atoms with Gasteiger partial charge in [0.2, 0.25) is 5.76 Å². The molecule has 0 aliphatic carbocycles. The largest absolute Gasteiger partial charge is 0.475 e. The lowest BCUT2D eigenvalue weighted by atomic mass is 10.5. The molecule has 0 spiro atoms. The Labute approximate surface area is 55.3 Å². The molecule has 1 N–H and O–H groups in total. The van der Waals surface area contributed by atoms with Crippen molar-refractivity contribution < 1.29 is 14.3 Å². The standard InChI is InChI=1S/C5H4O3.P/c6-5(7)4-2-1-3-8-4;/h1-3H,(H,6,7);. The molecule has 0 aromatic carbocycles. The van der Waals surface area contributed by atoms with Crippen molar-refractivity contribution in [3.63, 3.8) is 0 Å². The molecule has 4 heteroatoms. The van der Waals surface area contributed by atoms with Crippen molar-refractivity contribution in [2.45, 2.75) is 0 Å². The predicted octanol–water partition coefficient (Wildman–Crippen LogP) is 1.84. The van der Waals surface area contributed by atoms with Crippen molar-refractivity contribution >= 4 is 15.9 Å². The van der Waals surface area contributed by atoms with Crippen LogP contribution in [0.5, 0.6) is 0 Å². The Balaban J connectivity index is 0.000000640. The van der Waals surface area contributed by atoms with Crippen molar-refractivity contribution in [3.05, 3.63) is 24.2 Å². The van der Waals surface area contributed by atoms with Crippen LogP contribution in [-0.2, 0) is 0 Å². The van der Waals surface area contributed by atoms with Gasteiger partial charge in [-0.1, -0.05) is 0 Å². The lowest BCUT2D eigenvalue weighted by Crippen LogP contribution is -1.90. The SMILES string of the molecule is O=C(O)c1ccco1.[P]. The van der Waals surface area contributed by atoms with E-state index in [1.807, 2.05) is 0 Å². The zero-order chi connectivity index (χ0) is 5.98. The zero-order valence-corrected chi connectivity index (χ0v) is 5.34. The Morgan fingerprint density at radius 1 is 1.67 bits per heavy atom. The molecule has 1 rings (SSSR count). The summed E-state index contributed by atoms with van der Waals surface area (Å²) < 4.78 is 4.50. The van der Waals surface area contributed by atoms with Crippen LogP contribution < -0.4 is 0 Å². The molecule has 0 saturated heterocycles. The number of hydrogen-bond acceptors (Lipinski definition) is 2. The summed E-state index contributed by atoms with van der Waals surface area (Å²) in [5, 5.41) is 8.18. The molecule has 1 aromatic rings. The summed E-state index contributed by atoms with van der Waals surface area (Å²) in [7, 11) is 0. The van der Waals surface area contributed by atoms with Crippen LogP contribution in [0.3, 0.4) is 0 Å². The smallest absolute Gasteiger partial charge is 0.371 e. The van der Waals surface area contributed by atoms with Gasteiger partial charge in [0, 0.05) is 9.90 Å². The van der Waals surface area contributed by atoms with E-state index in [1.165, 1.54) is 18.4 Å². The summed E-state index contributed by atoms with van der Waals surface area (Å²) in [6, 6.07) is 2.92. The molecule has 0 bridgehead atoms. The third-order valence-corrected chi connectivity index (χ3v) is 0.732. The van der Waals surface area contributed by atoms with Gasteiger partial charge >= 0.3 is 5.97 Å². The van der Waals surface area contributed by atoms with Crippen LogP contribution in [0, 0.1) is 0 Å². The number of carboxylic acids is 1. The predicted molar refractivity (Wildman–Crippen MR) is 32.6 cm³/mol. The summed E-state index contributed by atoms with van der Waals surface area (Å²) in [6.07, 6.45) is 1.32. The van der Waals surface area contributed by atoms with Crippen LogP contribution >= 0.6 is 9.90 Å².